The SMILES string of the molecule is COc1ccc(C#CCNC(=O)c2ccc(=O)n(C)n2)cc1. The first-order valence-electron chi connectivity index (χ1n) is 6.55. The molecule has 0 aliphatic heterocycles. The molecular formula is C16H15N3O3. The third-order valence-corrected chi connectivity index (χ3v) is 2.85. The molecule has 6 nitrogen and oxygen atoms in total. The van der Waals surface area contributed by atoms with Crippen LogP contribution in [-0.2, 0) is 7.05 Å². The molecule has 0 saturated carbocycles. The van der Waals surface area contributed by atoms with Gasteiger partial charge in [0.25, 0.3) is 11.5 Å². The lowest BCUT2D eigenvalue weighted by Crippen LogP contribution is -2.28. The second-order valence-electron chi connectivity index (χ2n) is 4.39. The Bertz CT molecular complexity index is 783. The highest BCUT2D eigenvalue weighted by atomic mass is 16.5. The molecule has 112 valence electrons. The number of ether oxygens (including phenoxy) is 1. The average molecular weight is 297 g/mol. The number of methoxy groups -OCH3 is 1. The van der Waals surface area contributed by atoms with Crippen LogP contribution < -0.4 is 15.6 Å². The van der Waals surface area contributed by atoms with Crippen LogP contribution in [0.15, 0.2) is 41.2 Å². The molecule has 1 N–H and O–H groups in total. The summed E-state index contributed by atoms with van der Waals surface area (Å²) in [5.41, 5.74) is 0.736. The van der Waals surface area contributed by atoms with Gasteiger partial charge in [-0.2, -0.15) is 5.10 Å². The van der Waals surface area contributed by atoms with Gasteiger partial charge in [0.05, 0.1) is 13.7 Å². The normalized spacial score (nSPS) is 9.55. The Morgan fingerprint density at radius 1 is 1.27 bits per heavy atom. The monoisotopic (exact) mass is 297 g/mol. The molecule has 6 heteroatoms. The number of aryl methyl sites for hydroxylation is 1. The number of carbonyl (C=O) groups is 1. The Hall–Kier alpha value is -3.07. The number of amides is 1. The van der Waals surface area contributed by atoms with E-state index in [1.807, 2.05) is 24.3 Å². The summed E-state index contributed by atoms with van der Waals surface area (Å²) in [5.74, 6) is 6.16. The standard InChI is InChI=1S/C16H15N3O3/c1-19-15(20)10-9-14(18-19)16(21)17-11-3-4-12-5-7-13(22-2)8-6-12/h5-10H,11H2,1-2H3,(H,17,21). The molecule has 0 aliphatic rings. The van der Waals surface area contributed by atoms with Crippen molar-refractivity contribution in [3.8, 4) is 17.6 Å². The van der Waals surface area contributed by atoms with Crippen LogP contribution in [0, 0.1) is 11.8 Å². The molecule has 0 atom stereocenters. The van der Waals surface area contributed by atoms with E-state index in [4.69, 9.17) is 4.74 Å². The summed E-state index contributed by atoms with van der Waals surface area (Å²) in [6.07, 6.45) is 0. The highest BCUT2D eigenvalue weighted by Gasteiger charge is 2.06. The Balaban J connectivity index is 1.93. The number of nitrogens with one attached hydrogen (secondary N) is 1. The quantitative estimate of drug-likeness (QED) is 0.841. The molecule has 1 amide bonds. The molecule has 0 fully saturated rings. The molecule has 22 heavy (non-hydrogen) atoms. The lowest BCUT2D eigenvalue weighted by molar-refractivity contribution is 0.0951. The summed E-state index contributed by atoms with van der Waals surface area (Å²) in [5, 5.41) is 6.48. The van der Waals surface area contributed by atoms with Gasteiger partial charge in [-0.1, -0.05) is 11.8 Å². The van der Waals surface area contributed by atoms with Crippen molar-refractivity contribution in [1.82, 2.24) is 15.1 Å². The minimum absolute atomic E-state index is 0.174. The second-order valence-corrected chi connectivity index (χ2v) is 4.39. The third-order valence-electron chi connectivity index (χ3n) is 2.85. The van der Waals surface area contributed by atoms with Crippen molar-refractivity contribution >= 4 is 5.91 Å². The first kappa shape index (κ1) is 15.3. The van der Waals surface area contributed by atoms with Crippen LogP contribution in [0.3, 0.4) is 0 Å². The minimum atomic E-state index is -0.375. The lowest BCUT2D eigenvalue weighted by Gasteiger charge is -2.01. The molecule has 0 unspecified atom stereocenters. The minimum Gasteiger partial charge on any atom is -0.497 e. The maximum atomic E-state index is 11.8. The van der Waals surface area contributed by atoms with Gasteiger partial charge in [-0.25, -0.2) is 4.68 Å². The van der Waals surface area contributed by atoms with Crippen LogP contribution in [-0.4, -0.2) is 29.3 Å². The lowest BCUT2D eigenvalue weighted by atomic mass is 10.2. The summed E-state index contributed by atoms with van der Waals surface area (Å²) in [4.78, 5) is 23.0. The van der Waals surface area contributed by atoms with E-state index in [0.717, 1.165) is 16.0 Å². The van der Waals surface area contributed by atoms with Crippen LogP contribution in [0.2, 0.25) is 0 Å². The molecule has 1 heterocycles. The predicted molar refractivity (Wildman–Crippen MR) is 81.7 cm³/mol. The largest absolute Gasteiger partial charge is 0.497 e. The highest BCUT2D eigenvalue weighted by molar-refractivity contribution is 5.92. The number of nitrogens with zero attached hydrogens (tertiary/aromatic N) is 2. The first-order valence-corrected chi connectivity index (χ1v) is 6.55. The molecule has 2 rings (SSSR count). The smallest absolute Gasteiger partial charge is 0.272 e. The second kappa shape index (κ2) is 7.09. The van der Waals surface area contributed by atoms with Crippen LogP contribution in [0.1, 0.15) is 16.1 Å². The van der Waals surface area contributed by atoms with Gasteiger partial charge in [-0.15, -0.1) is 0 Å². The molecule has 2 aromatic rings. The van der Waals surface area contributed by atoms with Crippen molar-refractivity contribution in [3.05, 3.63) is 58.0 Å². The van der Waals surface area contributed by atoms with E-state index in [1.54, 1.807) is 7.11 Å². The van der Waals surface area contributed by atoms with E-state index in [9.17, 15) is 9.59 Å². The summed E-state index contributed by atoms with van der Waals surface area (Å²) < 4.78 is 6.17. The maximum absolute atomic E-state index is 11.8. The predicted octanol–water partition coefficient (Wildman–Crippen LogP) is 0.570. The number of rotatable bonds is 3. The maximum Gasteiger partial charge on any atom is 0.272 e. The summed E-state index contributed by atoms with van der Waals surface area (Å²) in [7, 11) is 3.09. The molecule has 0 aliphatic carbocycles. The summed E-state index contributed by atoms with van der Waals surface area (Å²) in [6.45, 7) is 0.190. The van der Waals surface area contributed by atoms with Crippen molar-refractivity contribution in [2.45, 2.75) is 0 Å². The zero-order valence-corrected chi connectivity index (χ0v) is 12.3. The number of carbonyl (C=O) groups excluding carboxylic acids is 1. The van der Waals surface area contributed by atoms with E-state index >= 15 is 0 Å². The summed E-state index contributed by atoms with van der Waals surface area (Å²) >= 11 is 0. The van der Waals surface area contributed by atoms with Crippen molar-refractivity contribution in [3.63, 3.8) is 0 Å². The topological polar surface area (TPSA) is 73.2 Å². The van der Waals surface area contributed by atoms with Gasteiger partial charge in [0, 0.05) is 18.7 Å². The third kappa shape index (κ3) is 3.96. The van der Waals surface area contributed by atoms with Crippen molar-refractivity contribution in [2.24, 2.45) is 7.05 Å². The zero-order chi connectivity index (χ0) is 15.9. The van der Waals surface area contributed by atoms with Crippen molar-refractivity contribution < 1.29 is 9.53 Å². The van der Waals surface area contributed by atoms with E-state index in [-0.39, 0.29) is 23.7 Å². The fourth-order valence-corrected chi connectivity index (χ4v) is 1.66. The Morgan fingerprint density at radius 3 is 2.64 bits per heavy atom. The van der Waals surface area contributed by atoms with Gasteiger partial charge in [-0.3, -0.25) is 9.59 Å². The van der Waals surface area contributed by atoms with Gasteiger partial charge in [0.1, 0.15) is 11.4 Å². The van der Waals surface area contributed by atoms with E-state index in [1.165, 1.54) is 19.2 Å². The van der Waals surface area contributed by atoms with Crippen LogP contribution >= 0.6 is 0 Å². The van der Waals surface area contributed by atoms with E-state index in [2.05, 4.69) is 22.3 Å². The Morgan fingerprint density at radius 2 is 2.00 bits per heavy atom. The number of hydrogen-bond acceptors (Lipinski definition) is 4. The molecule has 1 aromatic heterocycles. The summed E-state index contributed by atoms with van der Waals surface area (Å²) in [6, 6.07) is 9.98. The molecule has 0 spiro atoms. The molecule has 0 radical (unpaired) electrons. The van der Waals surface area contributed by atoms with E-state index < -0.39 is 0 Å². The van der Waals surface area contributed by atoms with Gasteiger partial charge < -0.3 is 10.1 Å². The van der Waals surface area contributed by atoms with Gasteiger partial charge in [0.2, 0.25) is 0 Å². The fourth-order valence-electron chi connectivity index (χ4n) is 1.66. The van der Waals surface area contributed by atoms with Gasteiger partial charge >= 0.3 is 0 Å². The average Bonchev–Trinajstić information content (AvgIpc) is 2.54. The first-order chi connectivity index (χ1) is 10.6. The van der Waals surface area contributed by atoms with Crippen molar-refractivity contribution in [1.29, 1.82) is 0 Å². The Labute approximate surface area is 127 Å². The van der Waals surface area contributed by atoms with Crippen LogP contribution in [0.25, 0.3) is 0 Å². The molecule has 0 bridgehead atoms. The van der Waals surface area contributed by atoms with Crippen LogP contribution in [0.4, 0.5) is 0 Å². The molecule has 1 aromatic carbocycles. The number of benzene rings is 1. The molecular weight excluding hydrogens is 282 g/mol. The fraction of sp³-hybridized carbons (Fsp3) is 0.188. The highest BCUT2D eigenvalue weighted by Crippen LogP contribution is 2.09. The van der Waals surface area contributed by atoms with Gasteiger partial charge in [0.15, 0.2) is 0 Å². The zero-order valence-electron chi connectivity index (χ0n) is 12.3. The van der Waals surface area contributed by atoms with Crippen LogP contribution in [0.5, 0.6) is 5.75 Å². The number of hydrogen-bond donors (Lipinski definition) is 1. The van der Waals surface area contributed by atoms with E-state index in [0.29, 0.717) is 0 Å². The van der Waals surface area contributed by atoms with Gasteiger partial charge in [-0.05, 0) is 30.3 Å². The Kier molecular flexibility index (Phi) is 4.94. The van der Waals surface area contributed by atoms with Crippen molar-refractivity contribution in [2.75, 3.05) is 13.7 Å². The number of aromatic nitrogens is 2. The molecule has 0 saturated heterocycles.